The number of para-hydroxylation sites is 2. The van der Waals surface area contributed by atoms with Crippen LogP contribution in [-0.2, 0) is 11.3 Å². The minimum absolute atomic E-state index is 0.0872. The van der Waals surface area contributed by atoms with Crippen molar-refractivity contribution < 1.29 is 19.3 Å². The summed E-state index contributed by atoms with van der Waals surface area (Å²) in [4.78, 5) is 26.5. The Balaban J connectivity index is 1.60. The standard InChI is InChI=1S/C24H26N2O6/c1-15-7-3-5-9-18(15)30-14-21-20(31-19-10-6-4-8-16(19)2)11-22(32-21)26-12-17(13-27)23(28)25-24(26)29/h3-10,12,20-22,27H,11,13-14H2,1-2H3,(H,25,28,29)/t20-,21+,22+/m0/s1. The molecule has 2 heterocycles. The zero-order valence-corrected chi connectivity index (χ0v) is 18.0. The molecular weight excluding hydrogens is 412 g/mol. The fourth-order valence-corrected chi connectivity index (χ4v) is 3.74. The molecule has 0 radical (unpaired) electrons. The first-order valence-electron chi connectivity index (χ1n) is 10.5. The first-order chi connectivity index (χ1) is 15.5. The number of nitrogens with one attached hydrogen (secondary N) is 1. The number of aliphatic hydroxyl groups is 1. The van der Waals surface area contributed by atoms with E-state index in [0.717, 1.165) is 22.6 Å². The Morgan fingerprint density at radius 3 is 2.38 bits per heavy atom. The number of H-pyrrole nitrogens is 1. The Kier molecular flexibility index (Phi) is 6.43. The molecule has 1 saturated heterocycles. The minimum atomic E-state index is -0.677. The Morgan fingerprint density at radius 2 is 1.72 bits per heavy atom. The summed E-state index contributed by atoms with van der Waals surface area (Å²) < 4.78 is 19.7. The predicted molar refractivity (Wildman–Crippen MR) is 118 cm³/mol. The number of ether oxygens (including phenoxy) is 3. The number of rotatable bonds is 7. The van der Waals surface area contributed by atoms with Gasteiger partial charge in [0.15, 0.2) is 0 Å². The lowest BCUT2D eigenvalue weighted by atomic mass is 10.1. The molecule has 0 unspecified atom stereocenters. The van der Waals surface area contributed by atoms with Gasteiger partial charge in [0.05, 0.1) is 12.2 Å². The second kappa shape index (κ2) is 9.42. The molecule has 8 heteroatoms. The second-order valence-corrected chi connectivity index (χ2v) is 7.84. The molecule has 1 aliphatic rings. The highest BCUT2D eigenvalue weighted by atomic mass is 16.6. The smallest absolute Gasteiger partial charge is 0.330 e. The SMILES string of the molecule is Cc1ccccc1OC[C@H]1O[C@@H](n2cc(CO)c(=O)[nH]c2=O)C[C@@H]1Oc1ccccc1C. The van der Waals surface area contributed by atoms with Gasteiger partial charge in [0.25, 0.3) is 5.56 Å². The van der Waals surface area contributed by atoms with E-state index in [1.165, 1.54) is 10.8 Å². The number of hydrogen-bond acceptors (Lipinski definition) is 6. The summed E-state index contributed by atoms with van der Waals surface area (Å²) >= 11 is 0. The fourth-order valence-electron chi connectivity index (χ4n) is 3.74. The van der Waals surface area contributed by atoms with Crippen LogP contribution < -0.4 is 20.7 Å². The average molecular weight is 438 g/mol. The summed E-state index contributed by atoms with van der Waals surface area (Å²) in [5, 5.41) is 9.42. The number of benzene rings is 2. The van der Waals surface area contributed by atoms with Gasteiger partial charge in [0.2, 0.25) is 0 Å². The molecule has 0 amide bonds. The third kappa shape index (κ3) is 4.61. The van der Waals surface area contributed by atoms with Gasteiger partial charge in [-0.15, -0.1) is 0 Å². The van der Waals surface area contributed by atoms with Crippen molar-refractivity contribution in [2.24, 2.45) is 0 Å². The lowest BCUT2D eigenvalue weighted by Crippen LogP contribution is -2.34. The topological polar surface area (TPSA) is 103 Å². The molecule has 3 aromatic rings. The molecule has 0 aliphatic carbocycles. The van der Waals surface area contributed by atoms with Crippen LogP contribution >= 0.6 is 0 Å². The van der Waals surface area contributed by atoms with Gasteiger partial charge in [0, 0.05) is 12.6 Å². The van der Waals surface area contributed by atoms with Crippen molar-refractivity contribution >= 4 is 0 Å². The monoisotopic (exact) mass is 438 g/mol. The molecule has 4 rings (SSSR count). The number of aliphatic hydroxyl groups excluding tert-OH is 1. The fraction of sp³-hybridized carbons (Fsp3) is 0.333. The van der Waals surface area contributed by atoms with Gasteiger partial charge in [-0.05, 0) is 37.1 Å². The molecule has 0 spiro atoms. The van der Waals surface area contributed by atoms with E-state index in [9.17, 15) is 14.7 Å². The van der Waals surface area contributed by atoms with E-state index in [2.05, 4.69) is 4.98 Å². The highest BCUT2D eigenvalue weighted by Crippen LogP contribution is 2.33. The van der Waals surface area contributed by atoms with Crippen LogP contribution in [0, 0.1) is 13.8 Å². The molecular formula is C24H26N2O6. The Hall–Kier alpha value is -3.36. The normalized spacial score (nSPS) is 20.3. The van der Waals surface area contributed by atoms with E-state index in [4.69, 9.17) is 14.2 Å². The van der Waals surface area contributed by atoms with Gasteiger partial charge >= 0.3 is 5.69 Å². The molecule has 1 aromatic heterocycles. The van der Waals surface area contributed by atoms with Gasteiger partial charge in [0.1, 0.15) is 36.5 Å². The lowest BCUT2D eigenvalue weighted by Gasteiger charge is -2.21. The summed E-state index contributed by atoms with van der Waals surface area (Å²) in [7, 11) is 0. The first kappa shape index (κ1) is 21.9. The highest BCUT2D eigenvalue weighted by Gasteiger charge is 2.39. The number of aromatic nitrogens is 2. The molecule has 1 fully saturated rings. The van der Waals surface area contributed by atoms with Crippen LogP contribution in [0.1, 0.15) is 29.3 Å². The quantitative estimate of drug-likeness (QED) is 0.588. The first-order valence-corrected chi connectivity index (χ1v) is 10.5. The minimum Gasteiger partial charge on any atom is -0.490 e. The number of aromatic amines is 1. The maximum absolute atomic E-state index is 12.4. The Morgan fingerprint density at radius 1 is 1.06 bits per heavy atom. The van der Waals surface area contributed by atoms with Gasteiger partial charge in [-0.3, -0.25) is 14.3 Å². The van der Waals surface area contributed by atoms with Crippen LogP contribution in [0.3, 0.4) is 0 Å². The van der Waals surface area contributed by atoms with Gasteiger partial charge in [-0.25, -0.2) is 4.79 Å². The van der Waals surface area contributed by atoms with E-state index in [-0.39, 0.29) is 18.3 Å². The van der Waals surface area contributed by atoms with E-state index in [1.807, 2.05) is 62.4 Å². The molecule has 2 aromatic carbocycles. The summed E-state index contributed by atoms with van der Waals surface area (Å²) in [6, 6.07) is 15.4. The van der Waals surface area contributed by atoms with Crippen molar-refractivity contribution in [3.8, 4) is 11.5 Å². The summed E-state index contributed by atoms with van der Waals surface area (Å²) in [5.74, 6) is 1.48. The van der Waals surface area contributed by atoms with E-state index < -0.39 is 30.2 Å². The van der Waals surface area contributed by atoms with Crippen molar-refractivity contribution in [2.45, 2.75) is 45.3 Å². The van der Waals surface area contributed by atoms with Crippen LogP contribution in [0.15, 0.2) is 64.3 Å². The van der Waals surface area contributed by atoms with E-state index in [1.54, 1.807) is 0 Å². The third-order valence-electron chi connectivity index (χ3n) is 5.57. The van der Waals surface area contributed by atoms with Crippen molar-refractivity contribution in [3.63, 3.8) is 0 Å². The summed E-state index contributed by atoms with van der Waals surface area (Å²) in [6.45, 7) is 3.67. The summed E-state index contributed by atoms with van der Waals surface area (Å²) in [6.07, 6.45) is 0.176. The molecule has 168 valence electrons. The van der Waals surface area contributed by atoms with Gasteiger partial charge in [-0.2, -0.15) is 0 Å². The van der Waals surface area contributed by atoms with E-state index >= 15 is 0 Å². The number of aryl methyl sites for hydroxylation is 2. The van der Waals surface area contributed by atoms with Crippen molar-refractivity contribution in [3.05, 3.63) is 92.3 Å². The van der Waals surface area contributed by atoms with Crippen LogP contribution in [0.25, 0.3) is 0 Å². The Labute approximate surface area is 185 Å². The molecule has 1 aliphatic heterocycles. The second-order valence-electron chi connectivity index (χ2n) is 7.84. The van der Waals surface area contributed by atoms with Crippen LogP contribution in [-0.4, -0.2) is 33.5 Å². The van der Waals surface area contributed by atoms with Crippen LogP contribution in [0.4, 0.5) is 0 Å². The number of hydrogen-bond donors (Lipinski definition) is 2. The molecule has 32 heavy (non-hydrogen) atoms. The van der Waals surface area contributed by atoms with Gasteiger partial charge < -0.3 is 19.3 Å². The van der Waals surface area contributed by atoms with Crippen LogP contribution in [0.5, 0.6) is 11.5 Å². The number of nitrogens with zero attached hydrogens (tertiary/aromatic N) is 1. The molecule has 2 N–H and O–H groups in total. The third-order valence-corrected chi connectivity index (χ3v) is 5.57. The predicted octanol–water partition coefficient (Wildman–Crippen LogP) is 2.46. The van der Waals surface area contributed by atoms with E-state index in [0.29, 0.717) is 6.42 Å². The Bertz CT molecular complexity index is 1200. The lowest BCUT2D eigenvalue weighted by molar-refractivity contribution is -0.0375. The summed E-state index contributed by atoms with van der Waals surface area (Å²) in [5.41, 5.74) is 0.858. The average Bonchev–Trinajstić information content (AvgIpc) is 3.17. The largest absolute Gasteiger partial charge is 0.490 e. The highest BCUT2D eigenvalue weighted by molar-refractivity contribution is 5.33. The van der Waals surface area contributed by atoms with Gasteiger partial charge in [-0.1, -0.05) is 36.4 Å². The van der Waals surface area contributed by atoms with Crippen LogP contribution in [0.2, 0.25) is 0 Å². The molecule has 8 nitrogen and oxygen atoms in total. The van der Waals surface area contributed by atoms with Crippen molar-refractivity contribution in [2.75, 3.05) is 6.61 Å². The molecule has 0 bridgehead atoms. The zero-order valence-electron chi connectivity index (χ0n) is 18.0. The van der Waals surface area contributed by atoms with Crippen molar-refractivity contribution in [1.82, 2.24) is 9.55 Å². The zero-order chi connectivity index (χ0) is 22.7. The molecule has 3 atom stereocenters. The maximum Gasteiger partial charge on any atom is 0.330 e. The van der Waals surface area contributed by atoms with Crippen molar-refractivity contribution in [1.29, 1.82) is 0 Å². The molecule has 0 saturated carbocycles. The maximum atomic E-state index is 12.4.